The molecule has 4 rings (SSSR count). The number of phenols is 1. The van der Waals surface area contributed by atoms with Crippen molar-refractivity contribution >= 4 is 23.1 Å². The van der Waals surface area contributed by atoms with Crippen molar-refractivity contribution in [3.8, 4) is 45.3 Å². The van der Waals surface area contributed by atoms with Crippen LogP contribution in [0.2, 0.25) is 0 Å². The first-order valence-electron chi connectivity index (χ1n) is 8.84. The number of carbonyl (C=O) groups is 1. The largest absolute Gasteiger partial charge is 0.506 e. The SMILES string of the molecule is COc1ccc(-c2cccc(-c3nc(-c4ccsc4)c(NC(C)=O)o3)c2O)cc1. The summed E-state index contributed by atoms with van der Waals surface area (Å²) in [5.41, 5.74) is 3.26. The second kappa shape index (κ2) is 7.81. The molecule has 29 heavy (non-hydrogen) atoms. The number of rotatable bonds is 5. The van der Waals surface area contributed by atoms with Gasteiger partial charge in [-0.15, -0.1) is 0 Å². The molecule has 0 aliphatic carbocycles. The Bertz CT molecular complexity index is 1150. The van der Waals surface area contributed by atoms with Crippen molar-refractivity contribution in [1.82, 2.24) is 4.98 Å². The number of para-hydroxylation sites is 1. The molecule has 0 spiro atoms. The van der Waals surface area contributed by atoms with Crippen LogP contribution < -0.4 is 10.1 Å². The predicted octanol–water partition coefficient (Wildman–Crippen LogP) is 5.41. The number of amides is 1. The number of anilines is 1. The van der Waals surface area contributed by atoms with E-state index in [0.717, 1.165) is 16.9 Å². The Kier molecular flexibility index (Phi) is 5.05. The first-order chi connectivity index (χ1) is 14.1. The molecule has 2 aromatic heterocycles. The van der Waals surface area contributed by atoms with E-state index in [1.165, 1.54) is 18.3 Å². The van der Waals surface area contributed by atoms with E-state index >= 15 is 0 Å². The summed E-state index contributed by atoms with van der Waals surface area (Å²) >= 11 is 1.52. The number of nitrogens with zero attached hydrogens (tertiary/aromatic N) is 1. The molecule has 0 fully saturated rings. The number of aromatic hydroxyl groups is 1. The highest BCUT2D eigenvalue weighted by Crippen LogP contribution is 2.41. The van der Waals surface area contributed by atoms with E-state index < -0.39 is 0 Å². The van der Waals surface area contributed by atoms with Crippen LogP contribution in [0.3, 0.4) is 0 Å². The maximum Gasteiger partial charge on any atom is 0.233 e. The molecule has 7 heteroatoms. The van der Waals surface area contributed by atoms with Gasteiger partial charge in [-0.25, -0.2) is 4.98 Å². The third-order valence-corrected chi connectivity index (χ3v) is 5.06. The molecule has 0 saturated heterocycles. The Labute approximate surface area is 171 Å². The van der Waals surface area contributed by atoms with Crippen molar-refractivity contribution in [3.05, 3.63) is 59.3 Å². The fourth-order valence-corrected chi connectivity index (χ4v) is 3.63. The van der Waals surface area contributed by atoms with Gasteiger partial charge in [0.05, 0.1) is 12.7 Å². The number of ether oxygens (including phenoxy) is 1. The molecule has 6 nitrogen and oxygen atoms in total. The standard InChI is InChI=1S/C22H18N2O4S/c1-13(25)23-22-19(15-10-11-29-12-15)24-21(28-22)18-5-3-4-17(20(18)26)14-6-8-16(27-2)9-7-14/h3-12,26H,1-2H3,(H,23,25). The van der Waals surface area contributed by atoms with Gasteiger partial charge >= 0.3 is 0 Å². The average molecular weight is 406 g/mol. The van der Waals surface area contributed by atoms with Gasteiger partial charge in [-0.1, -0.05) is 24.3 Å². The highest BCUT2D eigenvalue weighted by Gasteiger charge is 2.21. The van der Waals surface area contributed by atoms with Gasteiger partial charge in [-0.05, 0) is 35.2 Å². The quantitative estimate of drug-likeness (QED) is 0.463. The van der Waals surface area contributed by atoms with Crippen LogP contribution in [0.15, 0.2) is 63.7 Å². The predicted molar refractivity (Wildman–Crippen MR) is 113 cm³/mol. The van der Waals surface area contributed by atoms with Crippen LogP contribution in [-0.2, 0) is 4.79 Å². The van der Waals surface area contributed by atoms with Crippen molar-refractivity contribution in [2.24, 2.45) is 0 Å². The van der Waals surface area contributed by atoms with Crippen molar-refractivity contribution in [2.75, 3.05) is 12.4 Å². The molecule has 0 saturated carbocycles. The molecule has 2 heterocycles. The van der Waals surface area contributed by atoms with Crippen molar-refractivity contribution in [2.45, 2.75) is 6.92 Å². The third-order valence-electron chi connectivity index (χ3n) is 4.38. The fraction of sp³-hybridized carbons (Fsp3) is 0.0909. The molecule has 0 aliphatic heterocycles. The van der Waals surface area contributed by atoms with Gasteiger partial charge < -0.3 is 14.3 Å². The molecular weight excluding hydrogens is 388 g/mol. The van der Waals surface area contributed by atoms with Crippen molar-refractivity contribution in [3.63, 3.8) is 0 Å². The first-order valence-corrected chi connectivity index (χ1v) is 9.79. The minimum absolute atomic E-state index is 0.0464. The molecule has 0 atom stereocenters. The molecule has 0 unspecified atom stereocenters. The summed E-state index contributed by atoms with van der Waals surface area (Å²) in [5.74, 6) is 0.992. The molecule has 4 aromatic rings. The van der Waals surface area contributed by atoms with Crippen LogP contribution in [0.1, 0.15) is 6.92 Å². The van der Waals surface area contributed by atoms with Crippen LogP contribution in [0.5, 0.6) is 11.5 Å². The zero-order chi connectivity index (χ0) is 20.4. The van der Waals surface area contributed by atoms with Gasteiger partial charge in [0.15, 0.2) is 0 Å². The van der Waals surface area contributed by atoms with Gasteiger partial charge in [0.25, 0.3) is 0 Å². The van der Waals surface area contributed by atoms with E-state index in [2.05, 4.69) is 10.3 Å². The van der Waals surface area contributed by atoms with E-state index in [1.54, 1.807) is 13.2 Å². The van der Waals surface area contributed by atoms with Gasteiger partial charge in [0.2, 0.25) is 17.7 Å². The Morgan fingerprint density at radius 3 is 2.52 bits per heavy atom. The van der Waals surface area contributed by atoms with Gasteiger partial charge in [-0.2, -0.15) is 11.3 Å². The number of oxazole rings is 1. The lowest BCUT2D eigenvalue weighted by Crippen LogP contribution is -2.05. The number of phenolic OH excluding ortho intramolecular Hbond substituents is 1. The molecule has 2 aromatic carbocycles. The van der Waals surface area contributed by atoms with Gasteiger partial charge in [0, 0.05) is 23.4 Å². The lowest BCUT2D eigenvalue weighted by Gasteiger charge is -2.08. The van der Waals surface area contributed by atoms with Gasteiger partial charge in [-0.3, -0.25) is 10.1 Å². The molecule has 146 valence electrons. The zero-order valence-corrected chi connectivity index (χ0v) is 16.6. The third kappa shape index (κ3) is 3.72. The minimum atomic E-state index is -0.264. The summed E-state index contributed by atoms with van der Waals surface area (Å²) in [6.45, 7) is 1.40. The summed E-state index contributed by atoms with van der Waals surface area (Å²) in [5, 5.41) is 17.4. The van der Waals surface area contributed by atoms with E-state index in [4.69, 9.17) is 9.15 Å². The number of carbonyl (C=O) groups excluding carboxylic acids is 1. The summed E-state index contributed by atoms with van der Waals surface area (Å²) < 4.78 is 11.0. The number of hydrogen-bond acceptors (Lipinski definition) is 6. The Morgan fingerprint density at radius 2 is 1.86 bits per heavy atom. The lowest BCUT2D eigenvalue weighted by molar-refractivity contribution is -0.114. The molecule has 0 bridgehead atoms. The van der Waals surface area contributed by atoms with Gasteiger partial charge in [0.1, 0.15) is 17.2 Å². The van der Waals surface area contributed by atoms with Crippen LogP contribution >= 0.6 is 11.3 Å². The molecular formula is C22H18N2O4S. The molecule has 2 N–H and O–H groups in total. The molecule has 0 aliphatic rings. The number of benzene rings is 2. The number of aromatic nitrogens is 1. The molecule has 0 radical (unpaired) electrons. The average Bonchev–Trinajstić information content (AvgIpc) is 3.38. The van der Waals surface area contributed by atoms with E-state index in [-0.39, 0.29) is 23.4 Å². The number of thiophene rings is 1. The Balaban J connectivity index is 1.80. The number of nitrogens with one attached hydrogen (secondary N) is 1. The second-order valence-electron chi connectivity index (χ2n) is 6.32. The normalized spacial score (nSPS) is 10.7. The van der Waals surface area contributed by atoms with E-state index in [1.807, 2.05) is 53.2 Å². The van der Waals surface area contributed by atoms with E-state index in [9.17, 15) is 9.90 Å². The maximum absolute atomic E-state index is 11.6. The number of methoxy groups -OCH3 is 1. The second-order valence-corrected chi connectivity index (χ2v) is 7.10. The summed E-state index contributed by atoms with van der Waals surface area (Å²) in [6.07, 6.45) is 0. The van der Waals surface area contributed by atoms with Crippen molar-refractivity contribution in [1.29, 1.82) is 0 Å². The lowest BCUT2D eigenvalue weighted by atomic mass is 10.0. The van der Waals surface area contributed by atoms with E-state index in [0.29, 0.717) is 16.8 Å². The molecule has 1 amide bonds. The van der Waals surface area contributed by atoms with Crippen LogP contribution in [0.25, 0.3) is 33.8 Å². The summed E-state index contributed by atoms with van der Waals surface area (Å²) in [4.78, 5) is 16.1. The number of hydrogen-bond donors (Lipinski definition) is 2. The van der Waals surface area contributed by atoms with Crippen LogP contribution in [0, 0.1) is 0 Å². The summed E-state index contributed by atoms with van der Waals surface area (Å²) in [7, 11) is 1.60. The highest BCUT2D eigenvalue weighted by molar-refractivity contribution is 7.08. The minimum Gasteiger partial charge on any atom is -0.506 e. The Morgan fingerprint density at radius 1 is 1.10 bits per heavy atom. The maximum atomic E-state index is 11.6. The van der Waals surface area contributed by atoms with Crippen LogP contribution in [0.4, 0.5) is 5.88 Å². The van der Waals surface area contributed by atoms with Crippen LogP contribution in [-0.4, -0.2) is 23.1 Å². The smallest absolute Gasteiger partial charge is 0.233 e. The first kappa shape index (κ1) is 18.8. The zero-order valence-electron chi connectivity index (χ0n) is 15.8. The topological polar surface area (TPSA) is 84.6 Å². The Hall–Kier alpha value is -3.58. The summed E-state index contributed by atoms with van der Waals surface area (Å²) in [6, 6.07) is 14.7. The fourth-order valence-electron chi connectivity index (χ4n) is 2.99. The highest BCUT2D eigenvalue weighted by atomic mass is 32.1. The van der Waals surface area contributed by atoms with Crippen molar-refractivity contribution < 1.29 is 19.1 Å². The monoisotopic (exact) mass is 406 g/mol.